The van der Waals surface area contributed by atoms with Crippen molar-refractivity contribution in [2.75, 3.05) is 32.7 Å². The molecule has 1 aliphatic rings. The van der Waals surface area contributed by atoms with Gasteiger partial charge in [-0.15, -0.1) is 0 Å². The number of likely N-dealkylation sites (N-methyl/N-ethyl adjacent to an activating group) is 1. The highest BCUT2D eigenvalue weighted by atomic mass is 16.5. The number of benzene rings is 2. The Kier molecular flexibility index (Phi) is 4.69. The van der Waals surface area contributed by atoms with Crippen LogP contribution in [0.2, 0.25) is 0 Å². The average molecular weight is 326 g/mol. The molecule has 2 aromatic rings. The highest BCUT2D eigenvalue weighted by molar-refractivity contribution is 5.93. The summed E-state index contributed by atoms with van der Waals surface area (Å²) < 4.78 is 5.72. The maximum atomic E-state index is 11.4. The number of hydrogen-bond acceptors (Lipinski definition) is 5. The zero-order chi connectivity index (χ0) is 17.1. The van der Waals surface area contributed by atoms with Crippen LogP contribution in [0.4, 0.5) is 5.69 Å². The van der Waals surface area contributed by atoms with E-state index in [1.54, 1.807) is 6.07 Å². The number of anilines is 1. The SMILES string of the molecule is CN(C)CCOc1ccc(C2NNc3ccc(C(N)=O)cc32)cc1. The summed E-state index contributed by atoms with van der Waals surface area (Å²) in [6, 6.07) is 13.4. The number of nitrogens with one attached hydrogen (secondary N) is 2. The van der Waals surface area contributed by atoms with Crippen LogP contribution in [0.15, 0.2) is 42.5 Å². The van der Waals surface area contributed by atoms with Gasteiger partial charge in [0.15, 0.2) is 0 Å². The van der Waals surface area contributed by atoms with Gasteiger partial charge in [-0.1, -0.05) is 12.1 Å². The monoisotopic (exact) mass is 326 g/mol. The fourth-order valence-electron chi connectivity index (χ4n) is 2.66. The lowest BCUT2D eigenvalue weighted by Gasteiger charge is -2.14. The summed E-state index contributed by atoms with van der Waals surface area (Å²) in [5.41, 5.74) is 15.3. The van der Waals surface area contributed by atoms with Crippen LogP contribution in [0.25, 0.3) is 0 Å². The molecular weight excluding hydrogens is 304 g/mol. The van der Waals surface area contributed by atoms with Crippen molar-refractivity contribution in [3.63, 3.8) is 0 Å². The molecule has 24 heavy (non-hydrogen) atoms. The highest BCUT2D eigenvalue weighted by Crippen LogP contribution is 2.34. The molecule has 6 heteroatoms. The van der Waals surface area contributed by atoms with E-state index in [0.717, 1.165) is 29.1 Å². The number of ether oxygens (including phenoxy) is 1. The van der Waals surface area contributed by atoms with Gasteiger partial charge in [0.25, 0.3) is 0 Å². The molecule has 0 fully saturated rings. The molecule has 3 rings (SSSR count). The van der Waals surface area contributed by atoms with E-state index in [1.807, 2.05) is 50.5 Å². The Labute approximate surface area is 141 Å². The summed E-state index contributed by atoms with van der Waals surface area (Å²) in [4.78, 5) is 13.5. The Morgan fingerprint density at radius 2 is 1.96 bits per heavy atom. The second-order valence-corrected chi connectivity index (χ2v) is 6.09. The molecule has 0 aliphatic carbocycles. The van der Waals surface area contributed by atoms with E-state index in [2.05, 4.69) is 15.8 Å². The van der Waals surface area contributed by atoms with E-state index in [1.165, 1.54) is 0 Å². The molecule has 0 spiro atoms. The first-order valence-electron chi connectivity index (χ1n) is 7.87. The smallest absolute Gasteiger partial charge is 0.248 e. The molecule has 0 bridgehead atoms. The van der Waals surface area contributed by atoms with Gasteiger partial charge in [0.05, 0.1) is 11.7 Å². The summed E-state index contributed by atoms with van der Waals surface area (Å²) >= 11 is 0. The summed E-state index contributed by atoms with van der Waals surface area (Å²) in [5, 5.41) is 0. The fraction of sp³-hybridized carbons (Fsp3) is 0.278. The average Bonchev–Trinajstić information content (AvgIpc) is 2.98. The number of nitrogens with two attached hydrogens (primary N) is 1. The van der Waals surface area contributed by atoms with Crippen molar-refractivity contribution in [2.24, 2.45) is 5.73 Å². The van der Waals surface area contributed by atoms with Crippen molar-refractivity contribution < 1.29 is 9.53 Å². The van der Waals surface area contributed by atoms with Crippen molar-refractivity contribution in [3.8, 4) is 5.75 Å². The van der Waals surface area contributed by atoms with Gasteiger partial charge in [-0.3, -0.25) is 4.79 Å². The molecule has 1 aliphatic heterocycles. The number of amides is 1. The van der Waals surface area contributed by atoms with Crippen LogP contribution in [-0.2, 0) is 0 Å². The first-order valence-corrected chi connectivity index (χ1v) is 7.87. The number of rotatable bonds is 6. The molecule has 6 nitrogen and oxygen atoms in total. The maximum Gasteiger partial charge on any atom is 0.248 e. The third kappa shape index (κ3) is 3.50. The summed E-state index contributed by atoms with van der Waals surface area (Å²) in [6.45, 7) is 1.53. The quantitative estimate of drug-likeness (QED) is 0.753. The molecule has 1 heterocycles. The lowest BCUT2D eigenvalue weighted by atomic mass is 9.97. The minimum Gasteiger partial charge on any atom is -0.492 e. The number of carbonyl (C=O) groups is 1. The first-order chi connectivity index (χ1) is 11.5. The number of nitrogens with zero attached hydrogens (tertiary/aromatic N) is 1. The Hall–Kier alpha value is -2.57. The minimum absolute atomic E-state index is 0.0323. The van der Waals surface area contributed by atoms with Gasteiger partial charge in [-0.25, -0.2) is 5.43 Å². The third-order valence-corrected chi connectivity index (χ3v) is 4.02. The maximum absolute atomic E-state index is 11.4. The number of carbonyl (C=O) groups excluding carboxylic acids is 1. The minimum atomic E-state index is -0.423. The number of primary amides is 1. The molecule has 0 radical (unpaired) electrons. The predicted molar refractivity (Wildman–Crippen MR) is 94.1 cm³/mol. The Morgan fingerprint density at radius 1 is 1.21 bits per heavy atom. The van der Waals surface area contributed by atoms with Crippen molar-refractivity contribution in [1.82, 2.24) is 10.3 Å². The van der Waals surface area contributed by atoms with Crippen molar-refractivity contribution in [2.45, 2.75) is 6.04 Å². The Bertz CT molecular complexity index is 728. The third-order valence-electron chi connectivity index (χ3n) is 4.02. The molecule has 0 saturated carbocycles. The Balaban J connectivity index is 1.75. The van der Waals surface area contributed by atoms with Crippen LogP contribution in [0.1, 0.15) is 27.5 Å². The van der Waals surface area contributed by atoms with Crippen LogP contribution in [-0.4, -0.2) is 38.1 Å². The van der Waals surface area contributed by atoms with Gasteiger partial charge < -0.3 is 20.8 Å². The molecule has 126 valence electrons. The van der Waals surface area contributed by atoms with E-state index in [4.69, 9.17) is 10.5 Å². The molecule has 0 saturated heterocycles. The second kappa shape index (κ2) is 6.90. The highest BCUT2D eigenvalue weighted by Gasteiger charge is 2.24. The lowest BCUT2D eigenvalue weighted by molar-refractivity contribution is 0.1000. The van der Waals surface area contributed by atoms with Crippen molar-refractivity contribution in [3.05, 3.63) is 59.2 Å². The topological polar surface area (TPSA) is 79.6 Å². The Morgan fingerprint density at radius 3 is 2.62 bits per heavy atom. The van der Waals surface area contributed by atoms with Gasteiger partial charge in [-0.2, -0.15) is 0 Å². The molecule has 2 aromatic carbocycles. The molecule has 1 amide bonds. The van der Waals surface area contributed by atoms with Crippen LogP contribution in [0, 0.1) is 0 Å². The first kappa shape index (κ1) is 16.3. The summed E-state index contributed by atoms with van der Waals surface area (Å²) in [5.74, 6) is 0.422. The van der Waals surface area contributed by atoms with Crippen LogP contribution in [0.5, 0.6) is 5.75 Å². The normalized spacial score (nSPS) is 15.9. The molecule has 0 aromatic heterocycles. The lowest BCUT2D eigenvalue weighted by Crippen LogP contribution is -2.20. The standard InChI is InChI=1S/C18H22N4O2/c1-22(2)9-10-24-14-6-3-12(4-7-14)17-15-11-13(18(19)23)5-8-16(15)20-21-17/h3-8,11,17,20-21H,9-10H2,1-2H3,(H2,19,23). The molecule has 1 unspecified atom stereocenters. The molecule has 4 N–H and O–H groups in total. The predicted octanol–water partition coefficient (Wildman–Crippen LogP) is 1.75. The van der Waals surface area contributed by atoms with Crippen molar-refractivity contribution in [1.29, 1.82) is 0 Å². The largest absolute Gasteiger partial charge is 0.492 e. The summed E-state index contributed by atoms with van der Waals surface area (Å²) in [7, 11) is 4.03. The fourth-order valence-corrected chi connectivity index (χ4v) is 2.66. The number of fused-ring (bicyclic) bond motifs is 1. The zero-order valence-electron chi connectivity index (χ0n) is 13.9. The van der Waals surface area contributed by atoms with Crippen LogP contribution in [0.3, 0.4) is 0 Å². The van der Waals surface area contributed by atoms with E-state index in [9.17, 15) is 4.79 Å². The van der Waals surface area contributed by atoms with E-state index < -0.39 is 5.91 Å². The van der Waals surface area contributed by atoms with E-state index in [0.29, 0.717) is 12.2 Å². The van der Waals surface area contributed by atoms with E-state index in [-0.39, 0.29) is 6.04 Å². The van der Waals surface area contributed by atoms with Gasteiger partial charge in [0.1, 0.15) is 12.4 Å². The van der Waals surface area contributed by atoms with Gasteiger partial charge >= 0.3 is 0 Å². The van der Waals surface area contributed by atoms with Crippen LogP contribution < -0.4 is 21.3 Å². The summed E-state index contributed by atoms with van der Waals surface area (Å²) in [6.07, 6.45) is 0. The zero-order valence-corrected chi connectivity index (χ0v) is 13.9. The number of hydrogen-bond donors (Lipinski definition) is 3. The van der Waals surface area contributed by atoms with Gasteiger partial charge in [0, 0.05) is 17.7 Å². The van der Waals surface area contributed by atoms with Crippen LogP contribution >= 0.6 is 0 Å². The number of hydrazine groups is 1. The second-order valence-electron chi connectivity index (χ2n) is 6.09. The van der Waals surface area contributed by atoms with E-state index >= 15 is 0 Å². The van der Waals surface area contributed by atoms with Gasteiger partial charge in [-0.05, 0) is 50.0 Å². The molecule has 1 atom stereocenters. The molecular formula is C18H22N4O2. The van der Waals surface area contributed by atoms with Gasteiger partial charge in [0.2, 0.25) is 5.91 Å². The van der Waals surface area contributed by atoms with Crippen molar-refractivity contribution >= 4 is 11.6 Å².